The van der Waals surface area contributed by atoms with Gasteiger partial charge >= 0.3 is 0 Å². The third-order valence-corrected chi connectivity index (χ3v) is 4.30. The number of nitro benzene ring substituents is 1. The van der Waals surface area contributed by atoms with Gasteiger partial charge in [0.15, 0.2) is 5.17 Å². The first kappa shape index (κ1) is 15.6. The zero-order chi connectivity index (χ0) is 16.2. The number of benzene rings is 1. The molecule has 0 saturated heterocycles. The van der Waals surface area contributed by atoms with Crippen LogP contribution in [0.5, 0.6) is 0 Å². The Morgan fingerprint density at radius 2 is 2.35 bits per heavy atom. The van der Waals surface area contributed by atoms with Crippen LogP contribution in [0.15, 0.2) is 51.1 Å². The second-order valence-corrected chi connectivity index (χ2v) is 5.95. The van der Waals surface area contributed by atoms with Crippen molar-refractivity contribution in [3.8, 4) is 0 Å². The van der Waals surface area contributed by atoms with Gasteiger partial charge in [0.1, 0.15) is 10.8 Å². The van der Waals surface area contributed by atoms with E-state index >= 15 is 0 Å². The number of nitrogens with one attached hydrogen (secondary N) is 1. The Bertz CT molecular complexity index is 789. The minimum atomic E-state index is -0.508. The van der Waals surface area contributed by atoms with Crippen LogP contribution in [0, 0.1) is 10.1 Å². The highest BCUT2D eigenvalue weighted by Crippen LogP contribution is 2.26. The molecule has 7 nitrogen and oxygen atoms in total. The topological polar surface area (TPSA) is 93.0 Å². The van der Waals surface area contributed by atoms with Crippen LogP contribution in [0.2, 0.25) is 5.02 Å². The molecule has 118 valence electrons. The summed E-state index contributed by atoms with van der Waals surface area (Å²) < 4.78 is 5.21. The predicted octanol–water partition coefficient (Wildman–Crippen LogP) is 3.44. The van der Waals surface area contributed by atoms with Gasteiger partial charge in [-0.15, -0.1) is 0 Å². The molecule has 1 aliphatic rings. The van der Waals surface area contributed by atoms with E-state index in [9.17, 15) is 10.1 Å². The molecule has 0 atom stereocenters. The molecule has 1 aliphatic heterocycles. The molecule has 1 aromatic heterocycles. The van der Waals surface area contributed by atoms with Crippen LogP contribution in [0.3, 0.4) is 0 Å². The summed E-state index contributed by atoms with van der Waals surface area (Å²) in [4.78, 5) is 14.8. The molecule has 0 amide bonds. The molecule has 0 fully saturated rings. The Hall–Kier alpha value is -2.32. The quantitative estimate of drug-likeness (QED) is 0.673. The number of amidine groups is 1. The Labute approximate surface area is 140 Å². The second-order valence-electron chi connectivity index (χ2n) is 4.58. The summed E-state index contributed by atoms with van der Waals surface area (Å²) in [6.07, 6.45) is 1.60. The van der Waals surface area contributed by atoms with Crippen LogP contribution in [-0.2, 0) is 6.54 Å². The Morgan fingerprint density at radius 3 is 3.00 bits per heavy atom. The molecular weight excluding hydrogens is 340 g/mol. The second kappa shape index (κ2) is 6.84. The molecule has 23 heavy (non-hydrogen) atoms. The number of rotatable bonds is 4. The molecule has 3 rings (SSSR count). The highest BCUT2D eigenvalue weighted by atomic mass is 35.5. The van der Waals surface area contributed by atoms with Gasteiger partial charge in [-0.05, 0) is 18.2 Å². The molecule has 0 saturated carbocycles. The lowest BCUT2D eigenvalue weighted by Crippen LogP contribution is -2.25. The standard InChI is InChI=1S/C14H11ClN4O3S/c15-11-4-3-9(6-13(11)19(20)21)12-8-23-14(18-17-12)16-7-10-2-1-5-22-10/h1-6H,7-8H2,(H,16,18). The van der Waals surface area contributed by atoms with E-state index in [1.807, 2.05) is 6.07 Å². The zero-order valence-corrected chi connectivity index (χ0v) is 13.3. The molecule has 2 heterocycles. The first-order chi connectivity index (χ1) is 11.1. The van der Waals surface area contributed by atoms with E-state index in [-0.39, 0.29) is 10.7 Å². The van der Waals surface area contributed by atoms with Gasteiger partial charge in [-0.2, -0.15) is 5.10 Å². The molecular formula is C14H11ClN4O3S. The normalized spacial score (nSPS) is 16.0. The van der Waals surface area contributed by atoms with E-state index in [2.05, 4.69) is 15.5 Å². The van der Waals surface area contributed by atoms with Crippen molar-refractivity contribution in [3.63, 3.8) is 0 Å². The van der Waals surface area contributed by atoms with Gasteiger partial charge in [-0.1, -0.05) is 29.4 Å². The molecule has 1 aromatic carbocycles. The molecule has 0 unspecified atom stereocenters. The number of nitro groups is 1. The van der Waals surface area contributed by atoms with Crippen LogP contribution in [-0.4, -0.2) is 21.6 Å². The molecule has 0 radical (unpaired) electrons. The third-order valence-electron chi connectivity index (χ3n) is 3.07. The average Bonchev–Trinajstić information content (AvgIpc) is 3.07. The maximum absolute atomic E-state index is 10.9. The number of thioether (sulfide) groups is 1. The molecule has 0 bridgehead atoms. The van der Waals surface area contributed by atoms with Gasteiger partial charge < -0.3 is 4.42 Å². The summed E-state index contributed by atoms with van der Waals surface area (Å²) in [5.41, 5.74) is 4.08. The predicted molar refractivity (Wildman–Crippen MR) is 90.1 cm³/mol. The highest BCUT2D eigenvalue weighted by molar-refractivity contribution is 8.14. The van der Waals surface area contributed by atoms with Crippen molar-refractivity contribution in [1.29, 1.82) is 0 Å². The number of halogens is 1. The monoisotopic (exact) mass is 350 g/mol. The third kappa shape index (κ3) is 3.72. The molecule has 9 heteroatoms. The van der Waals surface area contributed by atoms with Gasteiger partial charge in [-0.25, -0.2) is 0 Å². The molecule has 0 aliphatic carbocycles. The summed E-state index contributed by atoms with van der Waals surface area (Å²) in [6, 6.07) is 8.29. The summed E-state index contributed by atoms with van der Waals surface area (Å²) in [5, 5.41) is 16.0. The van der Waals surface area contributed by atoms with E-state index in [0.717, 1.165) is 5.76 Å². The maximum atomic E-state index is 10.9. The van der Waals surface area contributed by atoms with Gasteiger partial charge in [0, 0.05) is 17.4 Å². The van der Waals surface area contributed by atoms with Crippen LogP contribution in [0.4, 0.5) is 5.69 Å². The van der Waals surface area contributed by atoms with Crippen molar-refractivity contribution < 1.29 is 9.34 Å². The number of nitrogens with zero attached hydrogens (tertiary/aromatic N) is 3. The summed E-state index contributed by atoms with van der Waals surface area (Å²) in [5.74, 6) is 1.32. The summed E-state index contributed by atoms with van der Waals surface area (Å²) in [7, 11) is 0. The number of hydrogen-bond donors (Lipinski definition) is 1. The largest absolute Gasteiger partial charge is 0.467 e. The number of aliphatic imine (C=N–C) groups is 1. The van der Waals surface area contributed by atoms with Crippen molar-refractivity contribution in [3.05, 3.63) is 63.1 Å². The highest BCUT2D eigenvalue weighted by Gasteiger charge is 2.18. The van der Waals surface area contributed by atoms with Crippen LogP contribution in [0.25, 0.3) is 0 Å². The minimum absolute atomic E-state index is 0.108. The van der Waals surface area contributed by atoms with E-state index in [1.54, 1.807) is 18.4 Å². The lowest BCUT2D eigenvalue weighted by molar-refractivity contribution is -0.384. The Kier molecular flexibility index (Phi) is 4.63. The van der Waals surface area contributed by atoms with Crippen molar-refractivity contribution in [1.82, 2.24) is 5.43 Å². The van der Waals surface area contributed by atoms with Crippen LogP contribution < -0.4 is 5.43 Å². The fourth-order valence-electron chi connectivity index (χ4n) is 1.93. The SMILES string of the molecule is O=[N+]([O-])c1cc(C2=NNC(=NCc3ccco3)SC2)ccc1Cl. The lowest BCUT2D eigenvalue weighted by Gasteiger charge is -2.14. The van der Waals surface area contributed by atoms with Gasteiger partial charge in [0.05, 0.1) is 23.4 Å². The molecule has 2 aromatic rings. The van der Waals surface area contributed by atoms with E-state index in [4.69, 9.17) is 16.0 Å². The van der Waals surface area contributed by atoms with Gasteiger partial charge in [0.2, 0.25) is 0 Å². The van der Waals surface area contributed by atoms with E-state index in [1.165, 1.54) is 23.9 Å². The summed E-state index contributed by atoms with van der Waals surface area (Å²) in [6.45, 7) is 0.430. The fourth-order valence-corrected chi connectivity index (χ4v) is 2.89. The van der Waals surface area contributed by atoms with Crippen molar-refractivity contribution in [2.45, 2.75) is 6.54 Å². The number of hydrazone groups is 1. The minimum Gasteiger partial charge on any atom is -0.467 e. The van der Waals surface area contributed by atoms with E-state index in [0.29, 0.717) is 28.7 Å². The number of hydrogen-bond acceptors (Lipinski definition) is 6. The first-order valence-electron chi connectivity index (χ1n) is 6.60. The zero-order valence-electron chi connectivity index (χ0n) is 11.7. The van der Waals surface area contributed by atoms with Crippen molar-refractivity contribution >= 4 is 39.9 Å². The van der Waals surface area contributed by atoms with Crippen molar-refractivity contribution in [2.24, 2.45) is 10.1 Å². The summed E-state index contributed by atoms with van der Waals surface area (Å²) >= 11 is 7.28. The molecule has 0 spiro atoms. The van der Waals surface area contributed by atoms with E-state index < -0.39 is 4.92 Å². The fraction of sp³-hybridized carbons (Fsp3) is 0.143. The lowest BCUT2D eigenvalue weighted by atomic mass is 10.1. The van der Waals surface area contributed by atoms with Gasteiger partial charge in [-0.3, -0.25) is 20.5 Å². The average molecular weight is 351 g/mol. The smallest absolute Gasteiger partial charge is 0.288 e. The Balaban J connectivity index is 1.72. The van der Waals surface area contributed by atoms with Crippen LogP contribution >= 0.6 is 23.4 Å². The maximum Gasteiger partial charge on any atom is 0.288 e. The van der Waals surface area contributed by atoms with Crippen molar-refractivity contribution in [2.75, 3.05) is 5.75 Å². The van der Waals surface area contributed by atoms with Gasteiger partial charge in [0.25, 0.3) is 5.69 Å². The Morgan fingerprint density at radius 1 is 1.48 bits per heavy atom. The first-order valence-corrected chi connectivity index (χ1v) is 7.96. The molecule has 1 N–H and O–H groups in total. The number of furan rings is 1. The van der Waals surface area contributed by atoms with Crippen LogP contribution in [0.1, 0.15) is 11.3 Å².